The van der Waals surface area contributed by atoms with Crippen LogP contribution in [0.5, 0.6) is 0 Å². The molecule has 1 saturated carbocycles. The van der Waals surface area contributed by atoms with Crippen molar-refractivity contribution in [1.29, 1.82) is 0 Å². The molecule has 9 nitrogen and oxygen atoms in total. The number of rotatable bonds is 7. The summed E-state index contributed by atoms with van der Waals surface area (Å²) in [6.07, 6.45) is 2.78. The van der Waals surface area contributed by atoms with Gasteiger partial charge in [0, 0.05) is 6.54 Å². The summed E-state index contributed by atoms with van der Waals surface area (Å²) in [5, 5.41) is 8.73. The lowest BCUT2D eigenvalue weighted by molar-refractivity contribution is -0.138. The standard InChI is InChI=1S/C16H25N3O6S/c1-10-18-14(20)11-4-2-3-5-12(11)15(21)19(10)7-9-26(24,25)8-6-13(17)16(22)23/h11-13H,2-9,17H2,1H3,(H,22,23). The molecule has 1 heterocycles. The Hall–Kier alpha value is -1.81. The summed E-state index contributed by atoms with van der Waals surface area (Å²) < 4.78 is 24.3. The Kier molecular flexibility index (Phi) is 6.51. The van der Waals surface area contributed by atoms with E-state index >= 15 is 0 Å². The Morgan fingerprint density at radius 1 is 1.27 bits per heavy atom. The molecule has 1 fully saturated rings. The van der Waals surface area contributed by atoms with E-state index in [-0.39, 0.29) is 42.1 Å². The molecule has 2 amide bonds. The highest BCUT2D eigenvalue weighted by Crippen LogP contribution is 2.34. The number of nitrogens with two attached hydrogens (primary N) is 1. The number of fused-ring (bicyclic) bond motifs is 1. The van der Waals surface area contributed by atoms with Gasteiger partial charge >= 0.3 is 5.97 Å². The molecule has 0 aromatic rings. The second-order valence-electron chi connectivity index (χ2n) is 6.87. The molecule has 2 aliphatic rings. The summed E-state index contributed by atoms with van der Waals surface area (Å²) >= 11 is 0. The number of sulfone groups is 1. The molecule has 3 unspecified atom stereocenters. The zero-order valence-corrected chi connectivity index (χ0v) is 15.6. The normalized spacial score (nSPS) is 25.3. The van der Waals surface area contributed by atoms with Crippen molar-refractivity contribution < 1.29 is 27.9 Å². The zero-order valence-electron chi connectivity index (χ0n) is 14.8. The second kappa shape index (κ2) is 8.26. The first-order valence-corrected chi connectivity index (χ1v) is 10.5. The van der Waals surface area contributed by atoms with E-state index in [1.165, 1.54) is 11.8 Å². The van der Waals surface area contributed by atoms with Crippen LogP contribution in [0.2, 0.25) is 0 Å². The zero-order chi connectivity index (χ0) is 19.5. The van der Waals surface area contributed by atoms with Gasteiger partial charge in [-0.25, -0.2) is 8.42 Å². The summed E-state index contributed by atoms with van der Waals surface area (Å²) in [4.78, 5) is 41.0. The number of amides is 2. The van der Waals surface area contributed by atoms with Crippen molar-refractivity contribution in [3.63, 3.8) is 0 Å². The van der Waals surface area contributed by atoms with Crippen LogP contribution < -0.4 is 5.73 Å². The highest BCUT2D eigenvalue weighted by molar-refractivity contribution is 7.91. The van der Waals surface area contributed by atoms with Crippen LogP contribution in [0.3, 0.4) is 0 Å². The van der Waals surface area contributed by atoms with Crippen molar-refractivity contribution in [3.05, 3.63) is 0 Å². The minimum Gasteiger partial charge on any atom is -0.480 e. The van der Waals surface area contributed by atoms with Gasteiger partial charge in [-0.2, -0.15) is 4.99 Å². The van der Waals surface area contributed by atoms with Gasteiger partial charge in [-0.1, -0.05) is 12.8 Å². The van der Waals surface area contributed by atoms with Gasteiger partial charge < -0.3 is 10.8 Å². The number of carbonyl (C=O) groups is 3. The third kappa shape index (κ3) is 4.88. The van der Waals surface area contributed by atoms with Crippen LogP contribution in [0.1, 0.15) is 39.0 Å². The Morgan fingerprint density at radius 3 is 2.50 bits per heavy atom. The third-order valence-corrected chi connectivity index (χ3v) is 6.67. The Bertz CT molecular complexity index is 717. The quantitative estimate of drug-likeness (QED) is 0.614. The highest BCUT2D eigenvalue weighted by Gasteiger charge is 2.41. The predicted octanol–water partition coefficient (Wildman–Crippen LogP) is -0.203. The van der Waals surface area contributed by atoms with E-state index in [9.17, 15) is 22.8 Å². The maximum atomic E-state index is 12.8. The van der Waals surface area contributed by atoms with Crippen LogP contribution in [0.25, 0.3) is 0 Å². The van der Waals surface area contributed by atoms with Gasteiger partial charge in [0.15, 0.2) is 9.84 Å². The highest BCUT2D eigenvalue weighted by atomic mass is 32.2. The van der Waals surface area contributed by atoms with Crippen molar-refractivity contribution in [2.75, 3.05) is 18.1 Å². The molecule has 2 rings (SSSR count). The molecule has 0 aromatic heterocycles. The minimum atomic E-state index is -3.59. The number of aliphatic carboxylic acids is 1. The van der Waals surface area contributed by atoms with Gasteiger partial charge in [0.25, 0.3) is 5.91 Å². The average Bonchev–Trinajstić information content (AvgIpc) is 2.67. The van der Waals surface area contributed by atoms with Crippen LogP contribution in [0, 0.1) is 11.8 Å². The first kappa shape index (κ1) is 20.5. The van der Waals surface area contributed by atoms with E-state index in [4.69, 9.17) is 10.8 Å². The van der Waals surface area contributed by atoms with Crippen molar-refractivity contribution in [1.82, 2.24) is 4.90 Å². The van der Waals surface area contributed by atoms with Gasteiger partial charge in [-0.3, -0.25) is 19.3 Å². The summed E-state index contributed by atoms with van der Waals surface area (Å²) in [5.41, 5.74) is 5.33. The van der Waals surface area contributed by atoms with E-state index < -0.39 is 33.7 Å². The number of nitrogens with zero attached hydrogens (tertiary/aromatic N) is 2. The fourth-order valence-corrected chi connectivity index (χ4v) is 4.70. The van der Waals surface area contributed by atoms with Crippen molar-refractivity contribution in [2.45, 2.75) is 45.1 Å². The topological polar surface area (TPSA) is 147 Å². The first-order chi connectivity index (χ1) is 12.1. The van der Waals surface area contributed by atoms with Gasteiger partial charge in [-0.05, 0) is 26.2 Å². The number of carboxylic acids is 1. The number of amidine groups is 1. The smallest absolute Gasteiger partial charge is 0.320 e. The Balaban J connectivity index is 2.05. The molecule has 0 spiro atoms. The minimum absolute atomic E-state index is 0.102. The van der Waals surface area contributed by atoms with Crippen LogP contribution >= 0.6 is 0 Å². The maximum Gasteiger partial charge on any atom is 0.320 e. The van der Waals surface area contributed by atoms with Crippen LogP contribution in [0.4, 0.5) is 0 Å². The molecular weight excluding hydrogens is 362 g/mol. The number of carbonyl (C=O) groups excluding carboxylic acids is 2. The summed E-state index contributed by atoms with van der Waals surface area (Å²) in [5.74, 6) is -3.16. The molecule has 0 bridgehead atoms. The van der Waals surface area contributed by atoms with Gasteiger partial charge in [0.1, 0.15) is 11.9 Å². The summed E-state index contributed by atoms with van der Waals surface area (Å²) in [7, 11) is -3.59. The monoisotopic (exact) mass is 387 g/mol. The van der Waals surface area contributed by atoms with Crippen LogP contribution in [-0.2, 0) is 24.2 Å². The average molecular weight is 387 g/mol. The van der Waals surface area contributed by atoms with E-state index in [1.807, 2.05) is 0 Å². The van der Waals surface area contributed by atoms with Gasteiger partial charge in [0.05, 0.1) is 23.3 Å². The molecule has 1 aliphatic heterocycles. The first-order valence-electron chi connectivity index (χ1n) is 8.71. The Labute approximate surface area is 152 Å². The molecule has 0 saturated heterocycles. The van der Waals surface area contributed by atoms with Crippen LogP contribution in [0.15, 0.2) is 4.99 Å². The number of aliphatic imine (C=N–C) groups is 1. The summed E-state index contributed by atoms with van der Waals surface area (Å²) in [6.45, 7) is 1.43. The number of carboxylic acid groups (broad SMARTS) is 1. The number of hydrogen-bond acceptors (Lipinski definition) is 6. The molecule has 10 heteroatoms. The predicted molar refractivity (Wildman–Crippen MR) is 94.2 cm³/mol. The van der Waals surface area contributed by atoms with Crippen molar-refractivity contribution >= 4 is 33.5 Å². The van der Waals surface area contributed by atoms with E-state index in [0.717, 1.165) is 12.8 Å². The van der Waals surface area contributed by atoms with Crippen molar-refractivity contribution in [2.24, 2.45) is 22.6 Å². The largest absolute Gasteiger partial charge is 0.480 e. The fourth-order valence-electron chi connectivity index (χ4n) is 3.42. The maximum absolute atomic E-state index is 12.8. The molecule has 3 N–H and O–H groups in total. The second-order valence-corrected chi connectivity index (χ2v) is 9.17. The molecule has 0 radical (unpaired) electrons. The number of hydrogen-bond donors (Lipinski definition) is 2. The molecule has 0 aromatic carbocycles. The molecule has 146 valence electrons. The molecular formula is C16H25N3O6S. The SMILES string of the molecule is CC1=NC(=O)C2CCCCC2C(=O)N1CCS(=O)(=O)CCC(N)C(=O)O. The summed E-state index contributed by atoms with van der Waals surface area (Å²) in [6, 6.07) is -1.24. The van der Waals surface area contributed by atoms with Gasteiger partial charge in [-0.15, -0.1) is 0 Å². The van der Waals surface area contributed by atoms with Crippen LogP contribution in [-0.4, -0.2) is 66.1 Å². The van der Waals surface area contributed by atoms with E-state index in [0.29, 0.717) is 12.8 Å². The molecule has 26 heavy (non-hydrogen) atoms. The third-order valence-electron chi connectivity index (χ3n) is 5.01. The Morgan fingerprint density at radius 2 is 1.88 bits per heavy atom. The fraction of sp³-hybridized carbons (Fsp3) is 0.750. The lowest BCUT2D eigenvalue weighted by atomic mass is 9.78. The van der Waals surface area contributed by atoms with Gasteiger partial charge in [0.2, 0.25) is 5.91 Å². The lowest BCUT2D eigenvalue weighted by Gasteiger charge is -2.30. The van der Waals surface area contributed by atoms with E-state index in [2.05, 4.69) is 4.99 Å². The lowest BCUT2D eigenvalue weighted by Crippen LogP contribution is -2.43. The van der Waals surface area contributed by atoms with E-state index in [1.54, 1.807) is 0 Å². The van der Waals surface area contributed by atoms with Crippen molar-refractivity contribution in [3.8, 4) is 0 Å². The molecule has 1 aliphatic carbocycles. The molecule has 3 atom stereocenters.